The fourth-order valence-corrected chi connectivity index (χ4v) is 2.84. The van der Waals surface area contributed by atoms with E-state index in [0.717, 1.165) is 30.1 Å². The van der Waals surface area contributed by atoms with Gasteiger partial charge in [-0.3, -0.25) is 9.78 Å². The first kappa shape index (κ1) is 20.3. The normalized spacial score (nSPS) is 10.4. The van der Waals surface area contributed by atoms with Crippen molar-refractivity contribution < 1.29 is 9.53 Å². The molecule has 0 aliphatic carbocycles. The molecule has 1 aromatic carbocycles. The van der Waals surface area contributed by atoms with E-state index >= 15 is 0 Å². The predicted molar refractivity (Wildman–Crippen MR) is 112 cm³/mol. The molecule has 0 aliphatic rings. The molecule has 2 aromatic heterocycles. The van der Waals surface area contributed by atoms with E-state index in [1.165, 1.54) is 11.8 Å². The third-order valence-corrected chi connectivity index (χ3v) is 4.58. The minimum absolute atomic E-state index is 0.230. The van der Waals surface area contributed by atoms with Crippen molar-refractivity contribution in [1.82, 2.24) is 20.3 Å². The Hall–Kier alpha value is -3.48. The molecule has 3 rings (SSSR count). The van der Waals surface area contributed by atoms with Crippen LogP contribution in [0.5, 0.6) is 5.75 Å². The average molecular weight is 391 g/mol. The van der Waals surface area contributed by atoms with Crippen molar-refractivity contribution in [1.29, 1.82) is 0 Å². The Morgan fingerprint density at radius 1 is 1.07 bits per heavy atom. The van der Waals surface area contributed by atoms with Gasteiger partial charge in [0, 0.05) is 32.5 Å². The lowest BCUT2D eigenvalue weighted by Gasteiger charge is -2.17. The minimum atomic E-state index is -0.230. The molecule has 0 unspecified atom stereocenters. The van der Waals surface area contributed by atoms with Crippen molar-refractivity contribution in [2.75, 3.05) is 32.1 Å². The number of hydrogen-bond donors (Lipinski definition) is 1. The Balaban J connectivity index is 1.47. The number of rotatable bonds is 9. The van der Waals surface area contributed by atoms with Gasteiger partial charge >= 0.3 is 0 Å². The highest BCUT2D eigenvalue weighted by Crippen LogP contribution is 2.13. The first-order valence-electron chi connectivity index (χ1n) is 9.49. The van der Waals surface area contributed by atoms with Crippen molar-refractivity contribution in [2.24, 2.45) is 0 Å². The molecular formula is C22H25N5O2. The lowest BCUT2D eigenvalue weighted by Crippen LogP contribution is -2.27. The molecule has 2 heterocycles. The summed E-state index contributed by atoms with van der Waals surface area (Å²) in [5.74, 6) is 1.31. The van der Waals surface area contributed by atoms with Crippen LogP contribution in [0.2, 0.25) is 0 Å². The van der Waals surface area contributed by atoms with E-state index in [-0.39, 0.29) is 5.91 Å². The Morgan fingerprint density at radius 3 is 2.62 bits per heavy atom. The van der Waals surface area contributed by atoms with Crippen LogP contribution < -0.4 is 15.0 Å². The van der Waals surface area contributed by atoms with Crippen molar-refractivity contribution >= 4 is 11.7 Å². The van der Waals surface area contributed by atoms with Gasteiger partial charge in [-0.05, 0) is 48.2 Å². The Kier molecular flexibility index (Phi) is 7.10. The summed E-state index contributed by atoms with van der Waals surface area (Å²) in [5, 5.41) is 2.88. The summed E-state index contributed by atoms with van der Waals surface area (Å²) < 4.78 is 5.21. The molecule has 0 aliphatic heterocycles. The van der Waals surface area contributed by atoms with Gasteiger partial charge in [0.25, 0.3) is 5.91 Å². The summed E-state index contributed by atoms with van der Waals surface area (Å²) in [6.07, 6.45) is 8.32. The van der Waals surface area contributed by atoms with Gasteiger partial charge in [-0.25, -0.2) is 9.97 Å². The highest BCUT2D eigenvalue weighted by molar-refractivity contribution is 5.92. The molecule has 1 amide bonds. The molecule has 0 bridgehead atoms. The Labute approximate surface area is 170 Å². The maximum Gasteiger partial charge on any atom is 0.271 e. The highest BCUT2D eigenvalue weighted by atomic mass is 16.5. The van der Waals surface area contributed by atoms with Crippen LogP contribution in [0.3, 0.4) is 0 Å². The molecule has 0 atom stereocenters. The van der Waals surface area contributed by atoms with E-state index in [9.17, 15) is 4.79 Å². The van der Waals surface area contributed by atoms with Gasteiger partial charge in [0.05, 0.1) is 19.5 Å². The molecule has 0 radical (unpaired) electrons. The minimum Gasteiger partial charge on any atom is -0.497 e. The van der Waals surface area contributed by atoms with Crippen LogP contribution in [-0.2, 0) is 12.8 Å². The van der Waals surface area contributed by atoms with Gasteiger partial charge in [-0.15, -0.1) is 0 Å². The van der Waals surface area contributed by atoms with Gasteiger partial charge in [-0.1, -0.05) is 12.1 Å². The van der Waals surface area contributed by atoms with Crippen molar-refractivity contribution in [3.05, 3.63) is 78.0 Å². The summed E-state index contributed by atoms with van der Waals surface area (Å²) in [5.41, 5.74) is 2.62. The SMILES string of the molecule is COc1cccc(CCNC(=O)c2cnc(N(C)CCc3ccncc3)cn2)c1. The number of nitrogens with one attached hydrogen (secondary N) is 1. The molecule has 1 N–H and O–H groups in total. The number of nitrogens with zero attached hydrogens (tertiary/aromatic N) is 4. The molecule has 7 nitrogen and oxygen atoms in total. The summed E-state index contributed by atoms with van der Waals surface area (Å²) in [7, 11) is 3.60. The molecular weight excluding hydrogens is 366 g/mol. The lowest BCUT2D eigenvalue weighted by molar-refractivity contribution is 0.0949. The predicted octanol–water partition coefficient (Wildman–Crippen LogP) is 2.53. The molecule has 0 spiro atoms. The van der Waals surface area contributed by atoms with Crippen LogP contribution in [0, 0.1) is 0 Å². The Morgan fingerprint density at radius 2 is 1.90 bits per heavy atom. The van der Waals surface area contributed by atoms with Crippen molar-refractivity contribution in [3.8, 4) is 5.75 Å². The maximum absolute atomic E-state index is 12.3. The largest absolute Gasteiger partial charge is 0.497 e. The lowest BCUT2D eigenvalue weighted by atomic mass is 10.1. The zero-order valence-electron chi connectivity index (χ0n) is 16.7. The zero-order valence-corrected chi connectivity index (χ0v) is 16.7. The van der Waals surface area contributed by atoms with Gasteiger partial charge in [-0.2, -0.15) is 0 Å². The summed E-state index contributed by atoms with van der Waals surface area (Å²) in [4.78, 5) is 27.0. The fraction of sp³-hybridized carbons (Fsp3) is 0.273. The number of carbonyl (C=O) groups is 1. The fourth-order valence-electron chi connectivity index (χ4n) is 2.84. The zero-order chi connectivity index (χ0) is 20.5. The monoisotopic (exact) mass is 391 g/mol. The number of amides is 1. The van der Waals surface area contributed by atoms with E-state index in [1.807, 2.05) is 48.3 Å². The van der Waals surface area contributed by atoms with E-state index < -0.39 is 0 Å². The standard InChI is InChI=1S/C22H25N5O2/c1-27(13-9-17-6-10-23-11-7-17)21-16-25-20(15-26-21)22(28)24-12-8-18-4-3-5-19(14-18)29-2/h3-7,10-11,14-16H,8-9,12-13H2,1-2H3,(H,24,28). The summed E-state index contributed by atoms with van der Waals surface area (Å²) >= 11 is 0. The third-order valence-electron chi connectivity index (χ3n) is 4.58. The number of likely N-dealkylation sites (N-methyl/N-ethyl adjacent to an activating group) is 1. The molecule has 0 saturated heterocycles. The topological polar surface area (TPSA) is 80.2 Å². The van der Waals surface area contributed by atoms with Gasteiger partial charge < -0.3 is 15.0 Å². The number of benzene rings is 1. The molecule has 7 heteroatoms. The number of anilines is 1. The van der Waals surface area contributed by atoms with Crippen LogP contribution in [-0.4, -0.2) is 48.1 Å². The first-order chi connectivity index (χ1) is 14.2. The number of methoxy groups -OCH3 is 1. The second-order valence-corrected chi connectivity index (χ2v) is 6.64. The smallest absolute Gasteiger partial charge is 0.271 e. The highest BCUT2D eigenvalue weighted by Gasteiger charge is 2.09. The van der Waals surface area contributed by atoms with E-state index in [4.69, 9.17) is 4.74 Å². The average Bonchev–Trinajstić information content (AvgIpc) is 2.78. The van der Waals surface area contributed by atoms with Crippen LogP contribution in [0.1, 0.15) is 21.6 Å². The first-order valence-corrected chi connectivity index (χ1v) is 9.49. The van der Waals surface area contributed by atoms with E-state index in [0.29, 0.717) is 18.7 Å². The Bertz CT molecular complexity index is 916. The number of carbonyl (C=O) groups excluding carboxylic acids is 1. The molecule has 0 saturated carbocycles. The molecule has 0 fully saturated rings. The van der Waals surface area contributed by atoms with Crippen LogP contribution in [0.4, 0.5) is 5.82 Å². The van der Waals surface area contributed by atoms with Crippen molar-refractivity contribution in [2.45, 2.75) is 12.8 Å². The van der Waals surface area contributed by atoms with Gasteiger partial charge in [0.2, 0.25) is 0 Å². The number of ether oxygens (including phenoxy) is 1. The molecule has 29 heavy (non-hydrogen) atoms. The van der Waals surface area contributed by atoms with Gasteiger partial charge in [0.15, 0.2) is 0 Å². The molecule has 150 valence electrons. The quantitative estimate of drug-likeness (QED) is 0.604. The maximum atomic E-state index is 12.3. The number of hydrogen-bond acceptors (Lipinski definition) is 6. The number of aromatic nitrogens is 3. The second kappa shape index (κ2) is 10.2. The summed E-state index contributed by atoms with van der Waals surface area (Å²) in [6.45, 7) is 1.31. The van der Waals surface area contributed by atoms with Crippen LogP contribution in [0.25, 0.3) is 0 Å². The number of pyridine rings is 1. The third kappa shape index (κ3) is 6.00. The molecule has 3 aromatic rings. The second-order valence-electron chi connectivity index (χ2n) is 6.64. The van der Waals surface area contributed by atoms with Gasteiger partial charge in [0.1, 0.15) is 17.3 Å². The van der Waals surface area contributed by atoms with Crippen LogP contribution in [0.15, 0.2) is 61.2 Å². The summed E-state index contributed by atoms with van der Waals surface area (Å²) in [6, 6.07) is 11.8. The van der Waals surface area contributed by atoms with E-state index in [1.54, 1.807) is 25.7 Å². The van der Waals surface area contributed by atoms with E-state index in [2.05, 4.69) is 20.3 Å². The van der Waals surface area contributed by atoms with Crippen LogP contribution >= 0.6 is 0 Å². The van der Waals surface area contributed by atoms with Crippen molar-refractivity contribution in [3.63, 3.8) is 0 Å².